The molecule has 0 radical (unpaired) electrons. The quantitative estimate of drug-likeness (QED) is 0.682. The Morgan fingerprint density at radius 3 is 2.61 bits per heavy atom. The molecule has 4 heterocycles. The van der Waals surface area contributed by atoms with Crippen LogP contribution in [-0.4, -0.2) is 69.3 Å². The van der Waals surface area contributed by atoms with E-state index in [2.05, 4.69) is 19.9 Å². The van der Waals surface area contributed by atoms with Crippen molar-refractivity contribution >= 4 is 17.6 Å². The summed E-state index contributed by atoms with van der Waals surface area (Å²) in [5.41, 5.74) is 1.86. The molecule has 31 heavy (non-hydrogen) atoms. The van der Waals surface area contributed by atoms with Crippen LogP contribution in [0.2, 0.25) is 0 Å². The average molecular weight is 423 g/mol. The van der Waals surface area contributed by atoms with Crippen molar-refractivity contribution in [1.82, 2.24) is 24.8 Å². The Labute approximate surface area is 183 Å². The van der Waals surface area contributed by atoms with Gasteiger partial charge in [-0.3, -0.25) is 19.5 Å². The zero-order valence-corrected chi connectivity index (χ0v) is 18.3. The van der Waals surface area contributed by atoms with Crippen molar-refractivity contribution in [2.45, 2.75) is 45.6 Å². The number of hydrogen-bond acceptors (Lipinski definition) is 6. The zero-order valence-electron chi connectivity index (χ0n) is 18.3. The third kappa shape index (κ3) is 4.58. The first-order chi connectivity index (χ1) is 15.1. The Bertz CT molecular complexity index is 926. The Morgan fingerprint density at radius 2 is 1.90 bits per heavy atom. The van der Waals surface area contributed by atoms with E-state index >= 15 is 0 Å². The predicted molar refractivity (Wildman–Crippen MR) is 118 cm³/mol. The lowest BCUT2D eigenvalue weighted by Gasteiger charge is -2.31. The van der Waals surface area contributed by atoms with Crippen molar-refractivity contribution in [3.8, 4) is 0 Å². The molecule has 8 heteroatoms. The predicted octanol–water partition coefficient (Wildman–Crippen LogP) is 2.61. The molecule has 164 valence electrons. The largest absolute Gasteiger partial charge is 0.342 e. The number of pyridine rings is 1. The van der Waals surface area contributed by atoms with Crippen molar-refractivity contribution < 1.29 is 9.59 Å². The van der Waals surface area contributed by atoms with E-state index in [1.54, 1.807) is 17.3 Å². The van der Waals surface area contributed by atoms with Gasteiger partial charge in [-0.1, -0.05) is 12.5 Å². The molecule has 0 bridgehead atoms. The normalized spacial score (nSPS) is 18.8. The van der Waals surface area contributed by atoms with Crippen LogP contribution >= 0.6 is 0 Å². The fourth-order valence-corrected chi connectivity index (χ4v) is 4.39. The molecular formula is C23H30N6O2. The van der Waals surface area contributed by atoms with Gasteiger partial charge in [-0.15, -0.1) is 0 Å². The summed E-state index contributed by atoms with van der Waals surface area (Å²) in [6, 6.07) is 3.22. The second kappa shape index (κ2) is 9.51. The number of aromatic nitrogens is 3. The van der Waals surface area contributed by atoms with Crippen LogP contribution in [0.1, 0.15) is 60.4 Å². The molecule has 4 rings (SSSR count). The number of carbonyl (C=O) groups excluding carboxylic acids is 2. The average Bonchev–Trinajstić information content (AvgIpc) is 3.07. The maximum Gasteiger partial charge on any atom is 0.280 e. The molecule has 2 aliphatic heterocycles. The lowest BCUT2D eigenvalue weighted by Crippen LogP contribution is -2.41. The molecule has 2 aromatic heterocycles. The molecule has 2 aliphatic rings. The number of likely N-dealkylation sites (tertiary alicyclic amines) is 1. The maximum atomic E-state index is 13.3. The van der Waals surface area contributed by atoms with Crippen LogP contribution in [0.4, 0.5) is 5.82 Å². The van der Waals surface area contributed by atoms with Gasteiger partial charge in [0.1, 0.15) is 5.82 Å². The first-order valence-electron chi connectivity index (χ1n) is 11.2. The van der Waals surface area contributed by atoms with E-state index in [4.69, 9.17) is 0 Å². The van der Waals surface area contributed by atoms with E-state index in [0.717, 1.165) is 25.2 Å². The first kappa shape index (κ1) is 21.4. The summed E-state index contributed by atoms with van der Waals surface area (Å²) in [5, 5.41) is 0. The molecule has 1 fully saturated rings. The molecule has 0 aromatic carbocycles. The summed E-state index contributed by atoms with van der Waals surface area (Å²) in [4.78, 5) is 45.3. The van der Waals surface area contributed by atoms with Crippen LogP contribution in [0, 0.1) is 6.92 Å². The van der Waals surface area contributed by atoms with Crippen LogP contribution in [0.3, 0.4) is 0 Å². The van der Waals surface area contributed by atoms with Gasteiger partial charge >= 0.3 is 0 Å². The van der Waals surface area contributed by atoms with Crippen molar-refractivity contribution in [2.24, 2.45) is 0 Å². The summed E-state index contributed by atoms with van der Waals surface area (Å²) in [7, 11) is 0. The lowest BCUT2D eigenvalue weighted by atomic mass is 10.1. The first-order valence-corrected chi connectivity index (χ1v) is 11.2. The second-order valence-electron chi connectivity index (χ2n) is 8.25. The van der Waals surface area contributed by atoms with Crippen LogP contribution in [0.15, 0.2) is 30.7 Å². The van der Waals surface area contributed by atoms with Crippen LogP contribution in [-0.2, 0) is 4.79 Å². The fraction of sp³-hybridized carbons (Fsp3) is 0.522. The minimum Gasteiger partial charge on any atom is -0.342 e. The standard InChI is InChI=1S/C23H30N6O2/c1-3-28(14-13-27-11-5-4-6-12-27)20(30)15-18-21-22(25-10-9-24-21)23(31)29(18)19-8-7-17(2)16-26-19/h7-10,16,18H,3-6,11-15H2,1-2H3. The number of aryl methyl sites for hydroxylation is 1. The van der Waals surface area contributed by atoms with Gasteiger partial charge in [-0.05, 0) is 51.4 Å². The number of fused-ring (bicyclic) bond motifs is 1. The molecule has 1 saturated heterocycles. The highest BCUT2D eigenvalue weighted by atomic mass is 16.2. The summed E-state index contributed by atoms with van der Waals surface area (Å²) < 4.78 is 0. The molecule has 0 N–H and O–H groups in total. The smallest absolute Gasteiger partial charge is 0.280 e. The molecule has 0 saturated carbocycles. The van der Waals surface area contributed by atoms with Gasteiger partial charge in [0.25, 0.3) is 5.91 Å². The Morgan fingerprint density at radius 1 is 1.13 bits per heavy atom. The summed E-state index contributed by atoms with van der Waals surface area (Å²) in [5.74, 6) is 0.283. The molecule has 8 nitrogen and oxygen atoms in total. The molecule has 1 unspecified atom stereocenters. The van der Waals surface area contributed by atoms with Crippen LogP contribution in [0.25, 0.3) is 0 Å². The van der Waals surface area contributed by atoms with Crippen molar-refractivity contribution in [2.75, 3.05) is 37.6 Å². The molecule has 2 amide bonds. The zero-order chi connectivity index (χ0) is 21.8. The molecular weight excluding hydrogens is 392 g/mol. The molecule has 0 spiro atoms. The number of anilines is 1. The number of hydrogen-bond donors (Lipinski definition) is 0. The number of amides is 2. The van der Waals surface area contributed by atoms with Crippen molar-refractivity contribution in [3.63, 3.8) is 0 Å². The van der Waals surface area contributed by atoms with Gasteiger partial charge in [0.2, 0.25) is 5.91 Å². The number of piperidine rings is 1. The SMILES string of the molecule is CCN(CCN1CCCCC1)C(=O)CC1c2nccnc2C(=O)N1c1ccc(C)cn1. The van der Waals surface area contributed by atoms with Gasteiger partial charge in [-0.25, -0.2) is 9.97 Å². The van der Waals surface area contributed by atoms with Gasteiger partial charge in [-0.2, -0.15) is 0 Å². The van der Waals surface area contributed by atoms with Gasteiger partial charge in [0.05, 0.1) is 18.2 Å². The summed E-state index contributed by atoms with van der Waals surface area (Å²) in [6.07, 6.45) is 8.74. The minimum absolute atomic E-state index is 0.0212. The van der Waals surface area contributed by atoms with E-state index in [1.165, 1.54) is 25.5 Å². The fourth-order valence-electron chi connectivity index (χ4n) is 4.39. The number of rotatable bonds is 7. The summed E-state index contributed by atoms with van der Waals surface area (Å²) in [6.45, 7) is 8.40. The van der Waals surface area contributed by atoms with E-state index in [9.17, 15) is 9.59 Å². The third-order valence-electron chi connectivity index (χ3n) is 6.16. The van der Waals surface area contributed by atoms with Gasteiger partial charge in [0.15, 0.2) is 5.69 Å². The van der Waals surface area contributed by atoms with Crippen LogP contribution < -0.4 is 4.90 Å². The number of nitrogens with zero attached hydrogens (tertiary/aromatic N) is 6. The minimum atomic E-state index is -0.497. The van der Waals surface area contributed by atoms with Gasteiger partial charge in [0, 0.05) is 38.2 Å². The number of carbonyl (C=O) groups is 2. The second-order valence-corrected chi connectivity index (χ2v) is 8.25. The molecule has 2 aromatic rings. The highest BCUT2D eigenvalue weighted by molar-refractivity contribution is 6.09. The number of likely N-dealkylation sites (N-methyl/N-ethyl adjacent to an activating group) is 1. The van der Waals surface area contributed by atoms with Crippen molar-refractivity contribution in [3.05, 3.63) is 47.7 Å². The Balaban J connectivity index is 1.52. The van der Waals surface area contributed by atoms with Crippen LogP contribution in [0.5, 0.6) is 0 Å². The van der Waals surface area contributed by atoms with E-state index in [1.807, 2.05) is 30.9 Å². The lowest BCUT2D eigenvalue weighted by molar-refractivity contribution is -0.131. The van der Waals surface area contributed by atoms with E-state index in [0.29, 0.717) is 30.3 Å². The Kier molecular flexibility index (Phi) is 6.56. The summed E-state index contributed by atoms with van der Waals surface area (Å²) >= 11 is 0. The molecule has 1 atom stereocenters. The monoisotopic (exact) mass is 422 g/mol. The third-order valence-corrected chi connectivity index (χ3v) is 6.16. The van der Waals surface area contributed by atoms with E-state index < -0.39 is 6.04 Å². The molecule has 0 aliphatic carbocycles. The Hall–Kier alpha value is -2.87. The highest BCUT2D eigenvalue weighted by Gasteiger charge is 2.42. The van der Waals surface area contributed by atoms with E-state index in [-0.39, 0.29) is 18.2 Å². The highest BCUT2D eigenvalue weighted by Crippen LogP contribution is 2.36. The topological polar surface area (TPSA) is 82.5 Å². The maximum absolute atomic E-state index is 13.3. The van der Waals surface area contributed by atoms with Crippen molar-refractivity contribution in [1.29, 1.82) is 0 Å². The van der Waals surface area contributed by atoms with Gasteiger partial charge < -0.3 is 9.80 Å².